The first-order valence-electron chi connectivity index (χ1n) is 13.5. The molecular formula is C30H36N2O9. The minimum absolute atomic E-state index is 0.0946. The molecule has 0 aliphatic rings. The molecule has 2 aromatic carbocycles. The van der Waals surface area contributed by atoms with Crippen LogP contribution in [0, 0.1) is 10.4 Å². The van der Waals surface area contributed by atoms with E-state index in [-0.39, 0.29) is 13.2 Å². The highest BCUT2D eigenvalue weighted by Crippen LogP contribution is 2.23. The molecule has 0 fully saturated rings. The van der Waals surface area contributed by atoms with Gasteiger partial charge in [-0.1, -0.05) is 24.3 Å². The minimum atomic E-state index is -0.850. The van der Waals surface area contributed by atoms with E-state index < -0.39 is 12.2 Å². The Balaban J connectivity index is 0.971. The van der Waals surface area contributed by atoms with Gasteiger partial charge >= 0.3 is 0 Å². The van der Waals surface area contributed by atoms with E-state index in [1.54, 1.807) is 60.7 Å². The smallest absolute Gasteiger partial charge is 0.224 e. The quantitative estimate of drug-likeness (QED) is 0.105. The fraction of sp³-hybridized carbons (Fsp3) is 0.400. The second kappa shape index (κ2) is 16.1. The fourth-order valence-corrected chi connectivity index (χ4v) is 4.41. The maximum Gasteiger partial charge on any atom is 0.224 e. The van der Waals surface area contributed by atoms with Crippen LogP contribution in [-0.4, -0.2) is 76.3 Å². The van der Waals surface area contributed by atoms with Crippen LogP contribution in [0.2, 0.25) is 0 Å². The third-order valence-electron chi connectivity index (χ3n) is 6.43. The molecule has 4 aromatic rings. The van der Waals surface area contributed by atoms with Gasteiger partial charge in [-0.3, -0.25) is 0 Å². The maximum atomic E-state index is 11.9. The SMILES string of the molecule is [O-][n+]1cccc2c(C(O)COCCOCCOCCOCCOCC(O)c3cccc4c3ccc[n+]4[O-])cccc21. The molecule has 0 amide bonds. The summed E-state index contributed by atoms with van der Waals surface area (Å²) in [6, 6.07) is 17.4. The van der Waals surface area contributed by atoms with Crippen LogP contribution >= 0.6 is 0 Å². The summed E-state index contributed by atoms with van der Waals surface area (Å²) >= 11 is 0. The summed E-state index contributed by atoms with van der Waals surface area (Å²) in [5.41, 5.74) is 2.29. The van der Waals surface area contributed by atoms with Crippen LogP contribution in [0.25, 0.3) is 21.8 Å². The number of hydrogen-bond acceptors (Lipinski definition) is 9. The van der Waals surface area contributed by atoms with E-state index in [4.69, 9.17) is 23.7 Å². The molecule has 11 heteroatoms. The zero-order valence-corrected chi connectivity index (χ0v) is 22.8. The minimum Gasteiger partial charge on any atom is -0.618 e. The van der Waals surface area contributed by atoms with Crippen molar-refractivity contribution in [1.82, 2.24) is 0 Å². The lowest BCUT2D eigenvalue weighted by atomic mass is 10.0. The molecule has 2 heterocycles. The zero-order chi connectivity index (χ0) is 28.9. The monoisotopic (exact) mass is 568 g/mol. The Morgan fingerprint density at radius 2 is 0.878 bits per heavy atom. The van der Waals surface area contributed by atoms with Crippen LogP contribution in [-0.2, 0) is 23.7 Å². The second-order valence-corrected chi connectivity index (χ2v) is 9.25. The van der Waals surface area contributed by atoms with E-state index in [0.29, 0.717) is 85.8 Å². The Kier molecular flexibility index (Phi) is 12.0. The number of nitrogens with zero attached hydrogens (tertiary/aromatic N) is 2. The van der Waals surface area contributed by atoms with Gasteiger partial charge in [0.15, 0.2) is 12.4 Å². The molecule has 41 heavy (non-hydrogen) atoms. The summed E-state index contributed by atoms with van der Waals surface area (Å²) in [4.78, 5) is 0. The number of fused-ring (bicyclic) bond motifs is 2. The number of rotatable bonds is 18. The second-order valence-electron chi connectivity index (χ2n) is 9.25. The van der Waals surface area contributed by atoms with Gasteiger partial charge in [-0.15, -0.1) is 0 Å². The van der Waals surface area contributed by atoms with Crippen LogP contribution < -0.4 is 9.46 Å². The van der Waals surface area contributed by atoms with Crippen molar-refractivity contribution in [3.05, 3.63) is 94.6 Å². The first-order valence-corrected chi connectivity index (χ1v) is 13.5. The van der Waals surface area contributed by atoms with Crippen molar-refractivity contribution in [3.63, 3.8) is 0 Å². The first-order chi connectivity index (χ1) is 20.1. The Morgan fingerprint density at radius 3 is 1.27 bits per heavy atom. The van der Waals surface area contributed by atoms with Crippen molar-refractivity contribution in [2.45, 2.75) is 12.2 Å². The summed E-state index contributed by atoms with van der Waals surface area (Å²) in [5, 5.41) is 46.1. The van der Waals surface area contributed by atoms with E-state index in [1.807, 2.05) is 0 Å². The highest BCUT2D eigenvalue weighted by atomic mass is 16.6. The summed E-state index contributed by atoms with van der Waals surface area (Å²) in [7, 11) is 0. The van der Waals surface area contributed by atoms with Crippen molar-refractivity contribution in [1.29, 1.82) is 0 Å². The summed E-state index contributed by atoms with van der Waals surface area (Å²) in [6.07, 6.45) is 1.15. The molecule has 0 saturated carbocycles. The molecule has 2 N–H and O–H groups in total. The van der Waals surface area contributed by atoms with Crippen molar-refractivity contribution >= 4 is 21.8 Å². The largest absolute Gasteiger partial charge is 0.618 e. The molecule has 0 radical (unpaired) electrons. The van der Waals surface area contributed by atoms with Crippen molar-refractivity contribution in [2.24, 2.45) is 0 Å². The molecule has 2 atom stereocenters. The molecule has 0 bridgehead atoms. The third kappa shape index (κ3) is 8.78. The average Bonchev–Trinajstić information content (AvgIpc) is 2.99. The van der Waals surface area contributed by atoms with Crippen LogP contribution in [0.15, 0.2) is 73.1 Å². The lowest BCUT2D eigenvalue weighted by molar-refractivity contribution is -0.577. The molecule has 0 saturated heterocycles. The zero-order valence-electron chi connectivity index (χ0n) is 22.8. The van der Waals surface area contributed by atoms with Gasteiger partial charge in [-0.25, -0.2) is 0 Å². The number of hydrogen-bond donors (Lipinski definition) is 2. The maximum absolute atomic E-state index is 11.9. The van der Waals surface area contributed by atoms with E-state index in [2.05, 4.69) is 0 Å². The molecule has 11 nitrogen and oxygen atoms in total. The van der Waals surface area contributed by atoms with E-state index in [1.165, 1.54) is 12.4 Å². The molecule has 0 aliphatic carbocycles. The van der Waals surface area contributed by atoms with Gasteiger partial charge in [-0.05, 0) is 23.3 Å². The lowest BCUT2D eigenvalue weighted by Gasteiger charge is -2.14. The Bertz CT molecular complexity index is 1270. The number of pyridine rings is 2. The highest BCUT2D eigenvalue weighted by molar-refractivity contribution is 5.80. The number of aliphatic hydroxyl groups excluding tert-OH is 2. The van der Waals surface area contributed by atoms with Gasteiger partial charge in [0.05, 0.1) is 76.8 Å². The summed E-state index contributed by atoms with van der Waals surface area (Å²) < 4.78 is 29.0. The highest BCUT2D eigenvalue weighted by Gasteiger charge is 2.16. The van der Waals surface area contributed by atoms with Crippen LogP contribution in [0.5, 0.6) is 0 Å². The predicted octanol–water partition coefficient (Wildman–Crippen LogP) is 2.11. The van der Waals surface area contributed by atoms with Gasteiger partial charge in [0, 0.05) is 24.3 Å². The van der Waals surface area contributed by atoms with E-state index in [9.17, 15) is 20.6 Å². The number of ether oxygens (including phenoxy) is 5. The van der Waals surface area contributed by atoms with Crippen LogP contribution in [0.4, 0.5) is 0 Å². The van der Waals surface area contributed by atoms with Crippen molar-refractivity contribution < 1.29 is 43.4 Å². The third-order valence-corrected chi connectivity index (χ3v) is 6.43. The lowest BCUT2D eigenvalue weighted by Crippen LogP contribution is -2.26. The molecule has 4 rings (SSSR count). The van der Waals surface area contributed by atoms with Crippen LogP contribution in [0.1, 0.15) is 23.3 Å². The average molecular weight is 569 g/mol. The Hall–Kier alpha value is -3.42. The van der Waals surface area contributed by atoms with E-state index in [0.717, 1.165) is 9.46 Å². The Morgan fingerprint density at radius 1 is 0.512 bits per heavy atom. The van der Waals surface area contributed by atoms with E-state index >= 15 is 0 Å². The van der Waals surface area contributed by atoms with Crippen molar-refractivity contribution in [3.8, 4) is 0 Å². The van der Waals surface area contributed by atoms with Crippen LogP contribution in [0.3, 0.4) is 0 Å². The van der Waals surface area contributed by atoms with Gasteiger partial charge < -0.3 is 44.3 Å². The summed E-state index contributed by atoms with van der Waals surface area (Å²) in [5.74, 6) is 0. The molecular weight excluding hydrogens is 532 g/mol. The fourth-order valence-electron chi connectivity index (χ4n) is 4.41. The molecule has 0 aliphatic heterocycles. The first kappa shape index (κ1) is 30.5. The number of aromatic nitrogens is 2. The normalized spacial score (nSPS) is 13.1. The Labute approximate surface area is 238 Å². The standard InChI is InChI=1S/C30H36N2O9/c33-29(25-5-1-9-27-23(25)7-3-11-31(27)35)21-40-19-17-38-15-13-37-14-16-39-18-20-41-22-30(34)26-6-2-10-28-24(26)8-4-12-32(28)36/h1-12,29-30,33-34H,13-22H2. The molecule has 0 spiro atoms. The van der Waals surface area contributed by atoms with Gasteiger partial charge in [-0.2, -0.15) is 9.46 Å². The predicted molar refractivity (Wildman–Crippen MR) is 150 cm³/mol. The molecule has 220 valence electrons. The summed E-state index contributed by atoms with van der Waals surface area (Å²) in [6.45, 7) is 3.18. The molecule has 2 unspecified atom stereocenters. The topological polar surface area (TPSA) is 140 Å². The molecule has 2 aromatic heterocycles. The number of benzene rings is 2. The van der Waals surface area contributed by atoms with Gasteiger partial charge in [0.25, 0.3) is 0 Å². The number of aliphatic hydroxyl groups is 2. The van der Waals surface area contributed by atoms with Gasteiger partial charge in [0.2, 0.25) is 11.0 Å². The van der Waals surface area contributed by atoms with Crippen molar-refractivity contribution in [2.75, 3.05) is 66.1 Å². The van der Waals surface area contributed by atoms with Gasteiger partial charge in [0.1, 0.15) is 12.2 Å².